The zero-order chi connectivity index (χ0) is 19.5. The molecule has 0 saturated heterocycles. The Labute approximate surface area is 152 Å². The average Bonchev–Trinajstić information content (AvgIpc) is 2.52. The van der Waals surface area contributed by atoms with E-state index in [2.05, 4.69) is 5.32 Å². The minimum atomic E-state index is -4.54. The Bertz CT molecular complexity index is 973. The van der Waals surface area contributed by atoms with Gasteiger partial charge in [0.1, 0.15) is 0 Å². The van der Waals surface area contributed by atoms with Crippen LogP contribution in [-0.2, 0) is 21.0 Å². The van der Waals surface area contributed by atoms with E-state index >= 15 is 0 Å². The summed E-state index contributed by atoms with van der Waals surface area (Å²) >= 11 is 5.83. The standard InChI is InChI=1S/C16H12ClF3N2O3S/c17-14-6-5-11(16(18,19)20)8-10(14)4-7-15(23)22-12-2-1-3-13(9-12)26(21,24)25/h1-9H,(H,22,23)(H2,21,24,25)/b7-4+. The second-order valence-electron chi connectivity index (χ2n) is 5.13. The maximum Gasteiger partial charge on any atom is 0.416 e. The molecular formula is C16H12ClF3N2O3S. The number of carbonyl (C=O) groups is 1. The minimum absolute atomic E-state index is 0.00919. The Morgan fingerprint density at radius 3 is 2.46 bits per heavy atom. The fourth-order valence-corrected chi connectivity index (χ4v) is 2.69. The second-order valence-corrected chi connectivity index (χ2v) is 7.10. The van der Waals surface area contributed by atoms with Crippen LogP contribution >= 0.6 is 11.6 Å². The van der Waals surface area contributed by atoms with Crippen molar-refractivity contribution in [2.75, 3.05) is 5.32 Å². The number of hydrogen-bond acceptors (Lipinski definition) is 3. The highest BCUT2D eigenvalue weighted by atomic mass is 35.5. The van der Waals surface area contributed by atoms with Crippen LogP contribution in [-0.4, -0.2) is 14.3 Å². The van der Waals surface area contributed by atoms with Crippen LogP contribution in [0.15, 0.2) is 53.4 Å². The molecule has 0 aliphatic rings. The number of hydrogen-bond donors (Lipinski definition) is 2. The molecule has 0 fully saturated rings. The summed E-state index contributed by atoms with van der Waals surface area (Å²) in [5, 5.41) is 7.41. The van der Waals surface area contributed by atoms with E-state index in [9.17, 15) is 26.4 Å². The van der Waals surface area contributed by atoms with Crippen molar-refractivity contribution in [1.29, 1.82) is 0 Å². The molecule has 26 heavy (non-hydrogen) atoms. The zero-order valence-electron chi connectivity index (χ0n) is 12.9. The average molecular weight is 405 g/mol. The SMILES string of the molecule is NS(=O)(=O)c1cccc(NC(=O)/C=C/c2cc(C(F)(F)F)ccc2Cl)c1. The van der Waals surface area contributed by atoms with E-state index in [-0.39, 0.29) is 21.2 Å². The molecule has 3 N–H and O–H groups in total. The highest BCUT2D eigenvalue weighted by Gasteiger charge is 2.30. The van der Waals surface area contributed by atoms with E-state index in [1.54, 1.807) is 0 Å². The fraction of sp³-hybridized carbons (Fsp3) is 0.0625. The highest BCUT2D eigenvalue weighted by molar-refractivity contribution is 7.89. The zero-order valence-corrected chi connectivity index (χ0v) is 14.5. The van der Waals surface area contributed by atoms with Crippen molar-refractivity contribution in [3.8, 4) is 0 Å². The van der Waals surface area contributed by atoms with Crippen LogP contribution in [0.5, 0.6) is 0 Å². The molecule has 2 aromatic carbocycles. The van der Waals surface area contributed by atoms with Gasteiger partial charge in [0.25, 0.3) is 0 Å². The lowest BCUT2D eigenvalue weighted by Gasteiger charge is -2.08. The molecule has 10 heteroatoms. The second kappa shape index (κ2) is 7.48. The number of halogens is 4. The van der Waals surface area contributed by atoms with Crippen LogP contribution in [0.1, 0.15) is 11.1 Å². The van der Waals surface area contributed by atoms with Gasteiger partial charge in [-0.05, 0) is 48.0 Å². The molecule has 2 rings (SSSR count). The Morgan fingerprint density at radius 1 is 1.15 bits per heavy atom. The van der Waals surface area contributed by atoms with Gasteiger partial charge in [0.2, 0.25) is 15.9 Å². The molecule has 0 bridgehead atoms. The first kappa shape index (κ1) is 20.0. The minimum Gasteiger partial charge on any atom is -0.322 e. The molecule has 138 valence electrons. The van der Waals surface area contributed by atoms with Gasteiger partial charge >= 0.3 is 6.18 Å². The quantitative estimate of drug-likeness (QED) is 0.762. The summed E-state index contributed by atoms with van der Waals surface area (Å²) in [6.45, 7) is 0. The third kappa shape index (κ3) is 5.32. The first-order chi connectivity index (χ1) is 12.0. The smallest absolute Gasteiger partial charge is 0.322 e. The number of nitrogens with two attached hydrogens (primary N) is 1. The van der Waals surface area contributed by atoms with Gasteiger partial charge in [0.05, 0.1) is 10.5 Å². The number of rotatable bonds is 4. The molecule has 0 unspecified atom stereocenters. The molecule has 1 amide bonds. The van der Waals surface area contributed by atoms with Crippen LogP contribution in [0.3, 0.4) is 0 Å². The van der Waals surface area contributed by atoms with Gasteiger partial charge in [-0.3, -0.25) is 4.79 Å². The fourth-order valence-electron chi connectivity index (χ4n) is 1.95. The summed E-state index contributed by atoms with van der Waals surface area (Å²) in [4.78, 5) is 11.7. The summed E-state index contributed by atoms with van der Waals surface area (Å²) in [6, 6.07) is 7.94. The third-order valence-electron chi connectivity index (χ3n) is 3.17. The number of amides is 1. The maximum absolute atomic E-state index is 12.7. The number of alkyl halides is 3. The summed E-state index contributed by atoms with van der Waals surface area (Å²) in [7, 11) is -3.93. The molecule has 0 spiro atoms. The molecule has 5 nitrogen and oxygen atoms in total. The normalized spacial score (nSPS) is 12.3. The Kier molecular flexibility index (Phi) is 5.74. The largest absolute Gasteiger partial charge is 0.416 e. The number of nitrogens with one attached hydrogen (secondary N) is 1. The van der Waals surface area contributed by atoms with Crippen molar-refractivity contribution >= 4 is 39.3 Å². The van der Waals surface area contributed by atoms with Crippen molar-refractivity contribution in [2.45, 2.75) is 11.1 Å². The summed E-state index contributed by atoms with van der Waals surface area (Å²) in [5.41, 5.74) is -0.737. The van der Waals surface area contributed by atoms with E-state index in [4.69, 9.17) is 16.7 Å². The van der Waals surface area contributed by atoms with Crippen LogP contribution in [0.2, 0.25) is 5.02 Å². The van der Waals surface area contributed by atoms with Gasteiger partial charge in [0.15, 0.2) is 0 Å². The molecule has 2 aromatic rings. The number of anilines is 1. The van der Waals surface area contributed by atoms with E-state index < -0.39 is 27.7 Å². The number of carbonyl (C=O) groups excluding carboxylic acids is 1. The van der Waals surface area contributed by atoms with Gasteiger partial charge in [-0.2, -0.15) is 13.2 Å². The Balaban J connectivity index is 2.18. The molecule has 0 aromatic heterocycles. The van der Waals surface area contributed by atoms with Crippen molar-refractivity contribution in [3.05, 3.63) is 64.7 Å². The van der Waals surface area contributed by atoms with Crippen LogP contribution in [0.4, 0.5) is 18.9 Å². The van der Waals surface area contributed by atoms with Gasteiger partial charge < -0.3 is 5.32 Å². The topological polar surface area (TPSA) is 89.3 Å². The Hall–Kier alpha value is -2.36. The highest BCUT2D eigenvalue weighted by Crippen LogP contribution is 2.32. The lowest BCUT2D eigenvalue weighted by atomic mass is 10.1. The molecule has 0 aliphatic carbocycles. The van der Waals surface area contributed by atoms with Gasteiger partial charge in [-0.15, -0.1) is 0 Å². The van der Waals surface area contributed by atoms with E-state index in [0.29, 0.717) is 0 Å². The summed E-state index contributed by atoms with van der Waals surface area (Å²) in [6.07, 6.45) is -2.44. The van der Waals surface area contributed by atoms with Crippen molar-refractivity contribution in [1.82, 2.24) is 0 Å². The molecule has 0 atom stereocenters. The molecular weight excluding hydrogens is 393 g/mol. The monoisotopic (exact) mass is 404 g/mol. The van der Waals surface area contributed by atoms with Gasteiger partial charge in [0, 0.05) is 16.8 Å². The first-order valence-electron chi connectivity index (χ1n) is 6.95. The Morgan fingerprint density at radius 2 is 1.85 bits per heavy atom. The number of primary sulfonamides is 1. The van der Waals surface area contributed by atoms with Crippen LogP contribution in [0, 0.1) is 0 Å². The van der Waals surface area contributed by atoms with Crippen molar-refractivity contribution < 1.29 is 26.4 Å². The molecule has 0 saturated carbocycles. The predicted octanol–water partition coefficient (Wildman–Crippen LogP) is 3.66. The van der Waals surface area contributed by atoms with Crippen LogP contribution < -0.4 is 10.5 Å². The predicted molar refractivity (Wildman–Crippen MR) is 91.9 cm³/mol. The maximum atomic E-state index is 12.7. The molecule has 0 aliphatic heterocycles. The van der Waals surface area contributed by atoms with Crippen molar-refractivity contribution in [2.24, 2.45) is 5.14 Å². The first-order valence-corrected chi connectivity index (χ1v) is 8.88. The number of benzene rings is 2. The third-order valence-corrected chi connectivity index (χ3v) is 4.42. The van der Waals surface area contributed by atoms with Crippen LogP contribution in [0.25, 0.3) is 6.08 Å². The van der Waals surface area contributed by atoms with Gasteiger partial charge in [-0.25, -0.2) is 13.6 Å². The summed E-state index contributed by atoms with van der Waals surface area (Å²) in [5.74, 6) is -0.690. The van der Waals surface area contributed by atoms with E-state index in [1.165, 1.54) is 18.2 Å². The summed E-state index contributed by atoms with van der Waals surface area (Å²) < 4.78 is 60.7. The lowest BCUT2D eigenvalue weighted by molar-refractivity contribution is -0.137. The van der Waals surface area contributed by atoms with Crippen molar-refractivity contribution in [3.63, 3.8) is 0 Å². The lowest BCUT2D eigenvalue weighted by Crippen LogP contribution is -2.13. The van der Waals surface area contributed by atoms with E-state index in [1.807, 2.05) is 0 Å². The molecule has 0 radical (unpaired) electrons. The molecule has 0 heterocycles. The number of sulfonamides is 1. The van der Waals surface area contributed by atoms with E-state index in [0.717, 1.165) is 36.4 Å². The van der Waals surface area contributed by atoms with Gasteiger partial charge in [-0.1, -0.05) is 17.7 Å².